The normalized spacial score (nSPS) is 22.2. The lowest BCUT2D eigenvalue weighted by molar-refractivity contribution is -0.279. The molecule has 1 saturated heterocycles. The van der Waals surface area contributed by atoms with Crippen LogP contribution in [-0.2, 0) is 19.3 Å². The Bertz CT molecular complexity index is 181. The molecular formula is C8H12O4. The van der Waals surface area contributed by atoms with Crippen molar-refractivity contribution in [1.82, 2.24) is 0 Å². The fraction of sp³-hybridized carbons (Fsp3) is 0.625. The molecule has 0 aliphatic carbocycles. The van der Waals surface area contributed by atoms with E-state index in [0.29, 0.717) is 12.2 Å². The molecule has 1 fully saturated rings. The van der Waals surface area contributed by atoms with Gasteiger partial charge in [-0.2, -0.15) is 0 Å². The van der Waals surface area contributed by atoms with Gasteiger partial charge in [0, 0.05) is 12.0 Å². The van der Waals surface area contributed by atoms with E-state index in [4.69, 9.17) is 9.62 Å². The van der Waals surface area contributed by atoms with Gasteiger partial charge in [0.15, 0.2) is 0 Å². The van der Waals surface area contributed by atoms with Crippen molar-refractivity contribution in [3.05, 3.63) is 12.2 Å². The summed E-state index contributed by atoms with van der Waals surface area (Å²) in [5.41, 5.74) is 0.397. The first-order chi connectivity index (χ1) is 5.70. The van der Waals surface area contributed by atoms with Crippen LogP contribution < -0.4 is 0 Å². The van der Waals surface area contributed by atoms with E-state index in [2.05, 4.69) is 11.5 Å². The molecule has 0 radical (unpaired) electrons. The quantitative estimate of drug-likeness (QED) is 0.359. The van der Waals surface area contributed by atoms with E-state index in [1.54, 1.807) is 6.92 Å². The third-order valence-corrected chi connectivity index (χ3v) is 1.48. The first-order valence-electron chi connectivity index (χ1n) is 3.81. The Morgan fingerprint density at radius 2 is 2.50 bits per heavy atom. The van der Waals surface area contributed by atoms with Crippen LogP contribution in [0.25, 0.3) is 0 Å². The van der Waals surface area contributed by atoms with E-state index >= 15 is 0 Å². The fourth-order valence-electron chi connectivity index (χ4n) is 0.775. The molecule has 0 bridgehead atoms. The molecule has 4 nitrogen and oxygen atoms in total. The minimum atomic E-state index is -0.384. The van der Waals surface area contributed by atoms with Gasteiger partial charge >= 0.3 is 5.97 Å². The highest BCUT2D eigenvalue weighted by atomic mass is 17.2. The smallest absolute Gasteiger partial charge is 0.333 e. The number of hydrogen-bond donors (Lipinski definition) is 0. The summed E-state index contributed by atoms with van der Waals surface area (Å²) in [6, 6.07) is 0. The molecule has 12 heavy (non-hydrogen) atoms. The Balaban J connectivity index is 2.16. The summed E-state index contributed by atoms with van der Waals surface area (Å²) in [5.74, 6) is -0.384. The van der Waals surface area contributed by atoms with Crippen LogP contribution in [-0.4, -0.2) is 25.3 Å². The molecule has 1 atom stereocenters. The Hall–Kier alpha value is -0.870. The summed E-state index contributed by atoms with van der Waals surface area (Å²) < 4.78 is 4.84. The molecule has 0 aromatic heterocycles. The summed E-state index contributed by atoms with van der Waals surface area (Å²) in [5, 5.41) is 0. The number of carbonyl (C=O) groups is 1. The number of carbonyl (C=O) groups excluding carboxylic acids is 1. The van der Waals surface area contributed by atoms with Gasteiger partial charge in [-0.1, -0.05) is 6.58 Å². The highest BCUT2D eigenvalue weighted by Crippen LogP contribution is 2.09. The maximum absolute atomic E-state index is 10.9. The molecule has 1 aliphatic heterocycles. The van der Waals surface area contributed by atoms with Crippen LogP contribution in [0.1, 0.15) is 13.3 Å². The van der Waals surface area contributed by atoms with Crippen molar-refractivity contribution < 1.29 is 19.3 Å². The molecule has 0 spiro atoms. The number of ether oxygens (including phenoxy) is 1. The van der Waals surface area contributed by atoms with Gasteiger partial charge in [0.25, 0.3) is 0 Å². The molecule has 1 unspecified atom stereocenters. The van der Waals surface area contributed by atoms with Crippen molar-refractivity contribution in [2.24, 2.45) is 0 Å². The van der Waals surface area contributed by atoms with Crippen molar-refractivity contribution in [2.45, 2.75) is 19.4 Å². The second kappa shape index (κ2) is 4.23. The van der Waals surface area contributed by atoms with Crippen LogP contribution >= 0.6 is 0 Å². The average molecular weight is 172 g/mol. The molecule has 0 saturated carbocycles. The van der Waals surface area contributed by atoms with E-state index in [9.17, 15) is 4.79 Å². The van der Waals surface area contributed by atoms with Crippen molar-refractivity contribution in [3.8, 4) is 0 Å². The number of esters is 1. The highest BCUT2D eigenvalue weighted by molar-refractivity contribution is 5.86. The minimum absolute atomic E-state index is 0.117. The summed E-state index contributed by atoms with van der Waals surface area (Å²) in [7, 11) is 0. The lowest BCUT2D eigenvalue weighted by atomic mass is 10.3. The maximum Gasteiger partial charge on any atom is 0.333 e. The van der Waals surface area contributed by atoms with Gasteiger partial charge in [-0.15, -0.1) is 0 Å². The van der Waals surface area contributed by atoms with Gasteiger partial charge in [-0.3, -0.25) is 0 Å². The van der Waals surface area contributed by atoms with Gasteiger partial charge in [0.2, 0.25) is 0 Å². The monoisotopic (exact) mass is 172 g/mol. The van der Waals surface area contributed by atoms with Crippen molar-refractivity contribution in [3.63, 3.8) is 0 Å². The van der Waals surface area contributed by atoms with Crippen molar-refractivity contribution >= 4 is 5.97 Å². The van der Waals surface area contributed by atoms with E-state index in [0.717, 1.165) is 6.42 Å². The van der Waals surface area contributed by atoms with Crippen molar-refractivity contribution in [1.29, 1.82) is 0 Å². The van der Waals surface area contributed by atoms with Gasteiger partial charge in [-0.05, 0) is 6.92 Å². The van der Waals surface area contributed by atoms with Crippen LogP contribution in [0.2, 0.25) is 0 Å². The van der Waals surface area contributed by atoms with Crippen LogP contribution in [0.4, 0.5) is 0 Å². The first kappa shape index (κ1) is 9.22. The lowest BCUT2D eigenvalue weighted by Crippen LogP contribution is -2.17. The zero-order valence-corrected chi connectivity index (χ0v) is 7.04. The largest absolute Gasteiger partial charge is 0.459 e. The Labute approximate surface area is 71.0 Å². The molecular weight excluding hydrogens is 160 g/mol. The Morgan fingerprint density at radius 1 is 1.75 bits per heavy atom. The molecule has 0 N–H and O–H groups in total. The molecule has 0 aromatic carbocycles. The minimum Gasteiger partial charge on any atom is -0.459 e. The zero-order chi connectivity index (χ0) is 8.97. The maximum atomic E-state index is 10.9. The lowest BCUT2D eigenvalue weighted by Gasteiger charge is -2.07. The van der Waals surface area contributed by atoms with Crippen LogP contribution in [0.5, 0.6) is 0 Å². The van der Waals surface area contributed by atoms with Crippen LogP contribution in [0, 0.1) is 0 Å². The second-order valence-electron chi connectivity index (χ2n) is 2.71. The third-order valence-electron chi connectivity index (χ3n) is 1.48. The van der Waals surface area contributed by atoms with Crippen LogP contribution in [0.3, 0.4) is 0 Å². The van der Waals surface area contributed by atoms with E-state index in [-0.39, 0.29) is 18.7 Å². The first-order valence-corrected chi connectivity index (χ1v) is 3.81. The summed E-state index contributed by atoms with van der Waals surface area (Å²) in [6.07, 6.45) is 0.650. The molecule has 0 amide bonds. The standard InChI is InChI=1S/C8H12O4/c1-6(2)8(9)10-5-7-3-4-11-12-7/h7H,1,3-5H2,2H3. The molecule has 68 valence electrons. The number of rotatable bonds is 3. The molecule has 1 rings (SSSR count). The molecule has 1 aliphatic rings. The zero-order valence-electron chi connectivity index (χ0n) is 7.04. The number of hydrogen-bond acceptors (Lipinski definition) is 4. The summed E-state index contributed by atoms with van der Waals surface area (Å²) in [6.45, 7) is 5.87. The molecule has 4 heteroatoms. The van der Waals surface area contributed by atoms with Gasteiger partial charge in [-0.25, -0.2) is 14.6 Å². The topological polar surface area (TPSA) is 44.8 Å². The fourth-order valence-corrected chi connectivity index (χ4v) is 0.775. The van der Waals surface area contributed by atoms with Gasteiger partial charge in [0.05, 0.1) is 6.61 Å². The Morgan fingerprint density at radius 3 is 3.00 bits per heavy atom. The second-order valence-corrected chi connectivity index (χ2v) is 2.71. The Kier molecular flexibility index (Phi) is 3.25. The van der Waals surface area contributed by atoms with E-state index < -0.39 is 0 Å². The summed E-state index contributed by atoms with van der Waals surface area (Å²) in [4.78, 5) is 20.3. The van der Waals surface area contributed by atoms with E-state index in [1.165, 1.54) is 0 Å². The van der Waals surface area contributed by atoms with Gasteiger partial charge < -0.3 is 4.74 Å². The predicted molar refractivity (Wildman–Crippen MR) is 41.2 cm³/mol. The average Bonchev–Trinajstić information content (AvgIpc) is 2.51. The molecule has 1 heterocycles. The molecule has 0 aromatic rings. The highest BCUT2D eigenvalue weighted by Gasteiger charge is 2.19. The SMILES string of the molecule is C=C(C)C(=O)OCC1CCOO1. The third kappa shape index (κ3) is 2.64. The summed E-state index contributed by atoms with van der Waals surface area (Å²) >= 11 is 0. The van der Waals surface area contributed by atoms with Gasteiger partial charge in [0.1, 0.15) is 12.7 Å². The van der Waals surface area contributed by atoms with Crippen molar-refractivity contribution in [2.75, 3.05) is 13.2 Å². The van der Waals surface area contributed by atoms with E-state index in [1.807, 2.05) is 0 Å². The predicted octanol–water partition coefficient (Wildman–Crippen LogP) is 0.826. The van der Waals surface area contributed by atoms with Crippen LogP contribution in [0.15, 0.2) is 12.2 Å².